The lowest BCUT2D eigenvalue weighted by Gasteiger charge is -2.30. The number of hydrogen-bond donors (Lipinski definition) is 0. The molecule has 0 radical (unpaired) electrons. The van der Waals surface area contributed by atoms with E-state index < -0.39 is 17.7 Å². The third kappa shape index (κ3) is 3.36. The number of esters is 1. The first-order valence-corrected chi connectivity index (χ1v) is 8.11. The molecular formula is C18H23NO5. The number of carbonyl (C=O) groups is 2. The van der Waals surface area contributed by atoms with Gasteiger partial charge in [-0.2, -0.15) is 0 Å². The number of benzene rings is 1. The average molecular weight is 333 g/mol. The second-order valence-corrected chi connectivity index (χ2v) is 6.72. The van der Waals surface area contributed by atoms with Gasteiger partial charge in [0.2, 0.25) is 0 Å². The Morgan fingerprint density at radius 2 is 2.04 bits per heavy atom. The minimum absolute atomic E-state index is 0.129. The Hall–Kier alpha value is -1.76. The van der Waals surface area contributed by atoms with Gasteiger partial charge in [0.05, 0.1) is 26.3 Å². The second kappa shape index (κ2) is 6.63. The molecule has 0 aliphatic carbocycles. The number of methoxy groups -OCH3 is 1. The summed E-state index contributed by atoms with van der Waals surface area (Å²) in [7, 11) is 1.31. The van der Waals surface area contributed by atoms with E-state index in [-0.39, 0.29) is 24.5 Å². The van der Waals surface area contributed by atoms with Crippen LogP contribution in [0.2, 0.25) is 0 Å². The van der Waals surface area contributed by atoms with Crippen LogP contribution in [0.25, 0.3) is 0 Å². The monoisotopic (exact) mass is 333 g/mol. The Balaban J connectivity index is 1.86. The molecule has 0 unspecified atom stereocenters. The standard InChI is InChI=1S/C18H23NO5/c1-18(2)23-11-14(24-18)16-15(17(21)22-3)13(20)10-19(16)9-12-7-5-4-6-8-12/h4-8,14-16H,9-11H2,1-3H3/t14-,15-,16+/m1/s1. The van der Waals surface area contributed by atoms with Gasteiger partial charge in [-0.15, -0.1) is 0 Å². The summed E-state index contributed by atoms with van der Waals surface area (Å²) >= 11 is 0. The van der Waals surface area contributed by atoms with Gasteiger partial charge in [-0.1, -0.05) is 30.3 Å². The molecule has 2 heterocycles. The molecular weight excluding hydrogens is 310 g/mol. The quantitative estimate of drug-likeness (QED) is 0.613. The zero-order valence-electron chi connectivity index (χ0n) is 14.2. The van der Waals surface area contributed by atoms with Crippen LogP contribution in [0.1, 0.15) is 19.4 Å². The summed E-state index contributed by atoms with van der Waals surface area (Å²) in [5.41, 5.74) is 1.08. The van der Waals surface area contributed by atoms with Gasteiger partial charge in [-0.3, -0.25) is 14.5 Å². The average Bonchev–Trinajstić information content (AvgIpc) is 3.06. The highest BCUT2D eigenvalue weighted by molar-refractivity contribution is 6.02. The van der Waals surface area contributed by atoms with Crippen molar-refractivity contribution in [1.82, 2.24) is 4.90 Å². The van der Waals surface area contributed by atoms with Crippen molar-refractivity contribution in [3.8, 4) is 0 Å². The van der Waals surface area contributed by atoms with Gasteiger partial charge in [-0.05, 0) is 19.4 Å². The molecule has 2 aliphatic rings. The number of ketones is 1. The van der Waals surface area contributed by atoms with Crippen molar-refractivity contribution in [2.24, 2.45) is 5.92 Å². The number of rotatable bonds is 4. The van der Waals surface area contributed by atoms with Gasteiger partial charge in [0.15, 0.2) is 11.6 Å². The van der Waals surface area contributed by atoms with E-state index in [1.54, 1.807) is 0 Å². The summed E-state index contributed by atoms with van der Waals surface area (Å²) in [5.74, 6) is -2.18. The fourth-order valence-electron chi connectivity index (χ4n) is 3.52. The van der Waals surface area contributed by atoms with Crippen LogP contribution in [0.5, 0.6) is 0 Å². The first-order valence-electron chi connectivity index (χ1n) is 8.11. The summed E-state index contributed by atoms with van der Waals surface area (Å²) < 4.78 is 16.5. The third-order valence-electron chi connectivity index (χ3n) is 4.56. The number of ether oxygens (including phenoxy) is 3. The van der Waals surface area contributed by atoms with Crippen molar-refractivity contribution in [2.45, 2.75) is 38.3 Å². The van der Waals surface area contributed by atoms with E-state index in [1.807, 2.05) is 49.1 Å². The maximum Gasteiger partial charge on any atom is 0.317 e. The SMILES string of the molecule is COC(=O)[C@@H]1C(=O)CN(Cc2ccccc2)[C@H]1[C@H]1COC(C)(C)O1. The minimum atomic E-state index is -0.832. The van der Waals surface area contributed by atoms with Crippen molar-refractivity contribution < 1.29 is 23.8 Å². The summed E-state index contributed by atoms with van der Waals surface area (Å²) in [6.45, 7) is 4.80. The van der Waals surface area contributed by atoms with Gasteiger partial charge < -0.3 is 14.2 Å². The molecule has 24 heavy (non-hydrogen) atoms. The molecule has 0 aromatic heterocycles. The lowest BCUT2D eigenvalue weighted by Crippen LogP contribution is -2.46. The van der Waals surface area contributed by atoms with E-state index in [4.69, 9.17) is 14.2 Å². The molecule has 130 valence electrons. The fraction of sp³-hybridized carbons (Fsp3) is 0.556. The van der Waals surface area contributed by atoms with E-state index in [9.17, 15) is 9.59 Å². The van der Waals surface area contributed by atoms with Crippen molar-refractivity contribution in [2.75, 3.05) is 20.3 Å². The van der Waals surface area contributed by atoms with Crippen LogP contribution < -0.4 is 0 Å². The van der Waals surface area contributed by atoms with Gasteiger partial charge in [0, 0.05) is 6.54 Å². The number of carbonyl (C=O) groups excluding carboxylic acids is 2. The highest BCUT2D eigenvalue weighted by Crippen LogP contribution is 2.34. The highest BCUT2D eigenvalue weighted by atomic mass is 16.7. The van der Waals surface area contributed by atoms with Crippen LogP contribution in [0.15, 0.2) is 30.3 Å². The largest absolute Gasteiger partial charge is 0.468 e. The molecule has 6 heteroatoms. The Morgan fingerprint density at radius 3 is 2.62 bits per heavy atom. The Morgan fingerprint density at radius 1 is 1.33 bits per heavy atom. The second-order valence-electron chi connectivity index (χ2n) is 6.72. The van der Waals surface area contributed by atoms with Gasteiger partial charge in [0.25, 0.3) is 0 Å². The maximum atomic E-state index is 12.5. The number of nitrogens with zero attached hydrogens (tertiary/aromatic N) is 1. The zero-order chi connectivity index (χ0) is 17.3. The zero-order valence-corrected chi connectivity index (χ0v) is 14.2. The third-order valence-corrected chi connectivity index (χ3v) is 4.56. The normalized spacial score (nSPS) is 29.8. The summed E-state index contributed by atoms with van der Waals surface area (Å²) in [5, 5.41) is 0. The number of Topliss-reactive ketones (excluding diaryl/α,β-unsaturated/α-hetero) is 1. The molecule has 6 nitrogen and oxygen atoms in total. The van der Waals surface area contributed by atoms with E-state index in [2.05, 4.69) is 0 Å². The molecule has 2 saturated heterocycles. The number of likely N-dealkylation sites (tertiary alicyclic amines) is 1. The lowest BCUT2D eigenvalue weighted by molar-refractivity contribution is -0.158. The van der Waals surface area contributed by atoms with Gasteiger partial charge in [0.1, 0.15) is 12.0 Å². The van der Waals surface area contributed by atoms with Crippen LogP contribution in [0, 0.1) is 5.92 Å². The smallest absolute Gasteiger partial charge is 0.317 e. The molecule has 3 rings (SSSR count). The molecule has 0 bridgehead atoms. The van der Waals surface area contributed by atoms with Crippen LogP contribution in [-0.2, 0) is 30.3 Å². The van der Waals surface area contributed by atoms with Crippen LogP contribution in [-0.4, -0.2) is 54.8 Å². The van der Waals surface area contributed by atoms with E-state index in [1.165, 1.54) is 7.11 Å². The van der Waals surface area contributed by atoms with Crippen LogP contribution >= 0.6 is 0 Å². The Bertz CT molecular complexity index is 615. The van der Waals surface area contributed by atoms with E-state index in [0.29, 0.717) is 13.2 Å². The van der Waals surface area contributed by atoms with E-state index >= 15 is 0 Å². The minimum Gasteiger partial charge on any atom is -0.468 e. The van der Waals surface area contributed by atoms with Crippen molar-refractivity contribution in [3.63, 3.8) is 0 Å². The maximum absolute atomic E-state index is 12.5. The first kappa shape index (κ1) is 17.1. The first-order chi connectivity index (χ1) is 11.4. The number of hydrogen-bond acceptors (Lipinski definition) is 6. The predicted molar refractivity (Wildman–Crippen MR) is 86.1 cm³/mol. The summed E-state index contributed by atoms with van der Waals surface area (Å²) in [6.07, 6.45) is -0.348. The van der Waals surface area contributed by atoms with Crippen LogP contribution in [0.4, 0.5) is 0 Å². The van der Waals surface area contributed by atoms with Crippen LogP contribution in [0.3, 0.4) is 0 Å². The van der Waals surface area contributed by atoms with E-state index in [0.717, 1.165) is 5.56 Å². The fourth-order valence-corrected chi connectivity index (χ4v) is 3.52. The molecule has 1 aromatic carbocycles. The Kier molecular flexibility index (Phi) is 4.71. The molecule has 0 amide bonds. The molecule has 0 saturated carbocycles. The van der Waals surface area contributed by atoms with Gasteiger partial charge >= 0.3 is 5.97 Å². The summed E-state index contributed by atoms with van der Waals surface area (Å²) in [4.78, 5) is 26.6. The van der Waals surface area contributed by atoms with Crippen molar-refractivity contribution >= 4 is 11.8 Å². The van der Waals surface area contributed by atoms with Gasteiger partial charge in [-0.25, -0.2) is 0 Å². The molecule has 1 aromatic rings. The molecule has 2 fully saturated rings. The topological polar surface area (TPSA) is 65.1 Å². The lowest BCUT2D eigenvalue weighted by atomic mass is 9.95. The predicted octanol–water partition coefficient (Wildman–Crippen LogP) is 1.38. The molecule has 2 aliphatic heterocycles. The molecule has 0 N–H and O–H groups in total. The summed E-state index contributed by atoms with van der Waals surface area (Å²) in [6, 6.07) is 9.48. The Labute approximate surface area is 141 Å². The van der Waals surface area contributed by atoms with Crippen molar-refractivity contribution in [3.05, 3.63) is 35.9 Å². The highest BCUT2D eigenvalue weighted by Gasteiger charge is 2.52. The molecule has 0 spiro atoms. The molecule has 3 atom stereocenters. The van der Waals surface area contributed by atoms with Crippen molar-refractivity contribution in [1.29, 1.82) is 0 Å².